The fraction of sp³-hybridized carbons (Fsp3) is 0.206. The van der Waals surface area contributed by atoms with Gasteiger partial charge in [-0.3, -0.25) is 14.2 Å². The standard InChI is InChI=1S/C34H31ClN4O3S/c1-5-38(6-2)33(41)28-20(3)36-34-39(31(28)22-15-17-23(35)18-16-22)32(40)27(43-34)19-25-24-13-10-14-26(42-4)30(24)37-29(25)21-11-8-7-9-12-21/h7-19,31,37H,5-6H2,1-4H3/b27-19+/t31-/m1/s1. The molecule has 0 saturated heterocycles. The zero-order valence-electron chi connectivity index (χ0n) is 24.3. The molecule has 1 N–H and O–H groups in total. The van der Waals surface area contributed by atoms with E-state index < -0.39 is 6.04 Å². The molecule has 1 atom stereocenters. The van der Waals surface area contributed by atoms with Crippen LogP contribution in [-0.4, -0.2) is 40.6 Å². The summed E-state index contributed by atoms with van der Waals surface area (Å²) in [5.41, 5.74) is 5.28. The molecule has 6 rings (SSSR count). The van der Waals surface area contributed by atoms with Gasteiger partial charge in [0.15, 0.2) is 4.80 Å². The maximum atomic E-state index is 14.4. The molecule has 1 aliphatic heterocycles. The summed E-state index contributed by atoms with van der Waals surface area (Å²) >= 11 is 7.55. The number of allylic oxidation sites excluding steroid dienone is 1. The van der Waals surface area contributed by atoms with Crippen molar-refractivity contribution in [3.8, 4) is 17.0 Å². The number of hydrogen-bond acceptors (Lipinski definition) is 5. The summed E-state index contributed by atoms with van der Waals surface area (Å²) in [7, 11) is 1.64. The second-order valence-corrected chi connectivity index (χ2v) is 11.7. The number of fused-ring (bicyclic) bond motifs is 2. The highest BCUT2D eigenvalue weighted by Gasteiger charge is 2.34. The molecular weight excluding hydrogens is 580 g/mol. The molecule has 3 aromatic carbocycles. The predicted octanol–water partition coefficient (Wildman–Crippen LogP) is 5.91. The molecule has 218 valence electrons. The van der Waals surface area contributed by atoms with Gasteiger partial charge < -0.3 is 14.6 Å². The Balaban J connectivity index is 1.62. The second-order valence-electron chi connectivity index (χ2n) is 10.3. The SMILES string of the molecule is CCN(CC)C(=O)C1=C(C)N=c2s/c(=C/c3c(-c4ccccc4)[nH]c4c(OC)cccc34)c(=O)n2[C@@H]1c1ccc(Cl)cc1. The lowest BCUT2D eigenvalue weighted by atomic mass is 9.94. The highest BCUT2D eigenvalue weighted by atomic mass is 35.5. The molecule has 0 saturated carbocycles. The number of hydrogen-bond donors (Lipinski definition) is 1. The molecule has 3 heterocycles. The van der Waals surface area contributed by atoms with Crippen molar-refractivity contribution in [2.24, 2.45) is 4.99 Å². The molecule has 0 spiro atoms. The first-order valence-corrected chi connectivity index (χ1v) is 15.4. The van der Waals surface area contributed by atoms with Crippen molar-refractivity contribution in [2.45, 2.75) is 26.8 Å². The molecule has 43 heavy (non-hydrogen) atoms. The third kappa shape index (κ3) is 5.00. The van der Waals surface area contributed by atoms with E-state index in [-0.39, 0.29) is 11.5 Å². The number of para-hydroxylation sites is 1. The molecule has 7 nitrogen and oxygen atoms in total. The van der Waals surface area contributed by atoms with Gasteiger partial charge in [0.2, 0.25) is 0 Å². The number of nitrogens with one attached hydrogen (secondary N) is 1. The molecule has 9 heteroatoms. The van der Waals surface area contributed by atoms with Gasteiger partial charge in [-0.05, 0) is 56.2 Å². The fourth-order valence-corrected chi connectivity index (χ4v) is 6.89. The number of carbonyl (C=O) groups is 1. The predicted molar refractivity (Wildman–Crippen MR) is 173 cm³/mol. The van der Waals surface area contributed by atoms with E-state index in [0.29, 0.717) is 44.5 Å². The van der Waals surface area contributed by atoms with Gasteiger partial charge in [0.1, 0.15) is 5.75 Å². The van der Waals surface area contributed by atoms with Crippen LogP contribution in [0, 0.1) is 0 Å². The number of amides is 1. The fourth-order valence-electron chi connectivity index (χ4n) is 5.73. The number of benzene rings is 3. The Morgan fingerprint density at radius 2 is 1.79 bits per heavy atom. The van der Waals surface area contributed by atoms with Crippen LogP contribution in [0.2, 0.25) is 5.02 Å². The summed E-state index contributed by atoms with van der Waals surface area (Å²) in [6.07, 6.45) is 1.93. The smallest absolute Gasteiger partial charge is 0.271 e. The number of aromatic nitrogens is 2. The quantitative estimate of drug-likeness (QED) is 0.249. The molecule has 1 amide bonds. The van der Waals surface area contributed by atoms with Gasteiger partial charge in [0.05, 0.1) is 40.2 Å². The van der Waals surface area contributed by atoms with Crippen molar-refractivity contribution >= 4 is 45.8 Å². The van der Waals surface area contributed by atoms with E-state index in [9.17, 15) is 9.59 Å². The molecule has 0 radical (unpaired) electrons. The van der Waals surface area contributed by atoms with E-state index in [4.69, 9.17) is 21.3 Å². The first-order chi connectivity index (χ1) is 20.9. The molecule has 0 bridgehead atoms. The van der Waals surface area contributed by atoms with E-state index in [1.807, 2.05) is 87.5 Å². The number of H-pyrrole nitrogens is 1. The highest BCUT2D eigenvalue weighted by molar-refractivity contribution is 7.07. The van der Waals surface area contributed by atoms with Crippen molar-refractivity contribution in [1.29, 1.82) is 0 Å². The Morgan fingerprint density at radius 1 is 1.07 bits per heavy atom. The minimum absolute atomic E-state index is 0.129. The molecule has 0 fully saturated rings. The zero-order valence-corrected chi connectivity index (χ0v) is 25.9. The summed E-state index contributed by atoms with van der Waals surface area (Å²) in [6.45, 7) is 6.84. The lowest BCUT2D eigenvalue weighted by molar-refractivity contribution is -0.127. The van der Waals surface area contributed by atoms with Crippen LogP contribution in [-0.2, 0) is 4.79 Å². The Morgan fingerprint density at radius 3 is 2.47 bits per heavy atom. The summed E-state index contributed by atoms with van der Waals surface area (Å²) in [4.78, 5) is 38.9. The lowest BCUT2D eigenvalue weighted by Crippen LogP contribution is -2.43. The van der Waals surface area contributed by atoms with E-state index in [1.54, 1.807) is 28.7 Å². The lowest BCUT2D eigenvalue weighted by Gasteiger charge is -2.29. The molecular formula is C34H31ClN4O3S. The van der Waals surface area contributed by atoms with E-state index >= 15 is 0 Å². The van der Waals surface area contributed by atoms with E-state index in [0.717, 1.165) is 33.3 Å². The van der Waals surface area contributed by atoms with Crippen molar-refractivity contribution in [1.82, 2.24) is 14.5 Å². The average molecular weight is 611 g/mol. The Hall–Kier alpha value is -4.40. The monoisotopic (exact) mass is 610 g/mol. The first kappa shape index (κ1) is 28.7. The molecule has 2 aromatic heterocycles. The van der Waals surface area contributed by atoms with Gasteiger partial charge in [0, 0.05) is 29.1 Å². The summed E-state index contributed by atoms with van der Waals surface area (Å²) in [6, 6.07) is 22.6. The summed E-state index contributed by atoms with van der Waals surface area (Å²) in [5, 5.41) is 1.52. The van der Waals surface area contributed by atoms with Crippen LogP contribution >= 0.6 is 22.9 Å². The number of methoxy groups -OCH3 is 1. The topological polar surface area (TPSA) is 79.7 Å². The second kappa shape index (κ2) is 11.7. The van der Waals surface area contributed by atoms with Crippen molar-refractivity contribution in [3.63, 3.8) is 0 Å². The Kier molecular flexibility index (Phi) is 7.81. The number of likely N-dealkylation sites (N-methyl/N-ethyl adjacent to an activating group) is 1. The minimum atomic E-state index is -0.638. The van der Waals surface area contributed by atoms with Crippen LogP contribution in [0.25, 0.3) is 28.2 Å². The van der Waals surface area contributed by atoms with Gasteiger partial charge in [-0.1, -0.05) is 77.5 Å². The Labute approximate surface area is 258 Å². The largest absolute Gasteiger partial charge is 0.495 e. The molecule has 0 unspecified atom stereocenters. The van der Waals surface area contributed by atoms with Crippen LogP contribution in [0.4, 0.5) is 0 Å². The zero-order chi connectivity index (χ0) is 30.2. The van der Waals surface area contributed by atoms with Crippen LogP contribution in [0.1, 0.15) is 37.9 Å². The Bertz CT molecular complexity index is 2050. The van der Waals surface area contributed by atoms with Crippen LogP contribution < -0.4 is 19.6 Å². The number of carbonyl (C=O) groups excluding carboxylic acids is 1. The van der Waals surface area contributed by atoms with Gasteiger partial charge in [-0.25, -0.2) is 4.99 Å². The number of halogens is 1. The van der Waals surface area contributed by atoms with Crippen molar-refractivity contribution < 1.29 is 9.53 Å². The van der Waals surface area contributed by atoms with Crippen LogP contribution in [0.5, 0.6) is 5.75 Å². The number of nitrogens with zero attached hydrogens (tertiary/aromatic N) is 3. The third-order valence-electron chi connectivity index (χ3n) is 7.88. The normalized spacial score (nSPS) is 15.0. The molecule has 0 aliphatic carbocycles. The van der Waals surface area contributed by atoms with Crippen LogP contribution in [0.3, 0.4) is 0 Å². The molecule has 5 aromatic rings. The summed E-state index contributed by atoms with van der Waals surface area (Å²) < 4.78 is 7.82. The number of rotatable bonds is 7. The minimum Gasteiger partial charge on any atom is -0.495 e. The van der Waals surface area contributed by atoms with Crippen molar-refractivity contribution in [2.75, 3.05) is 20.2 Å². The molecule has 1 aliphatic rings. The van der Waals surface area contributed by atoms with Crippen LogP contribution in [0.15, 0.2) is 93.9 Å². The maximum absolute atomic E-state index is 14.4. The van der Waals surface area contributed by atoms with Gasteiger partial charge in [-0.2, -0.15) is 0 Å². The van der Waals surface area contributed by atoms with E-state index in [2.05, 4.69) is 4.98 Å². The van der Waals surface area contributed by atoms with Gasteiger partial charge >= 0.3 is 0 Å². The first-order valence-electron chi connectivity index (χ1n) is 14.2. The maximum Gasteiger partial charge on any atom is 0.271 e. The average Bonchev–Trinajstić information content (AvgIpc) is 3.54. The van der Waals surface area contributed by atoms with Gasteiger partial charge in [-0.15, -0.1) is 0 Å². The number of thiazole rings is 1. The number of ether oxygens (including phenoxy) is 1. The van der Waals surface area contributed by atoms with Crippen molar-refractivity contribution in [3.05, 3.63) is 120 Å². The highest BCUT2D eigenvalue weighted by Crippen LogP contribution is 2.36. The summed E-state index contributed by atoms with van der Waals surface area (Å²) in [5.74, 6) is 0.587. The van der Waals surface area contributed by atoms with Gasteiger partial charge in [0.25, 0.3) is 11.5 Å². The third-order valence-corrected chi connectivity index (χ3v) is 9.12. The number of aromatic amines is 1. The van der Waals surface area contributed by atoms with E-state index in [1.165, 1.54) is 11.3 Å².